The Morgan fingerprint density at radius 3 is 2.93 bits per heavy atom. The van der Waals surface area contributed by atoms with Crippen molar-refractivity contribution in [3.8, 4) is 0 Å². The number of hydrogen-bond acceptors (Lipinski definition) is 3. The number of carbonyl (C=O) groups is 2. The van der Waals surface area contributed by atoms with Crippen molar-refractivity contribution in [3.63, 3.8) is 0 Å². The average Bonchev–Trinajstić information content (AvgIpc) is 2.52. The van der Waals surface area contributed by atoms with Gasteiger partial charge in [0.2, 0.25) is 0 Å². The summed E-state index contributed by atoms with van der Waals surface area (Å²) in [6, 6.07) is -0.173. The zero-order chi connectivity index (χ0) is 10.6. The highest BCUT2D eigenvalue weighted by molar-refractivity contribution is 5.88. The Morgan fingerprint density at radius 1 is 1.71 bits per heavy atom. The van der Waals surface area contributed by atoms with Crippen LogP contribution in [0.3, 0.4) is 0 Å². The van der Waals surface area contributed by atoms with E-state index in [2.05, 4.69) is 5.32 Å². The third kappa shape index (κ3) is 2.48. The molecule has 0 unspecified atom stereocenters. The van der Waals surface area contributed by atoms with Crippen LogP contribution in [0.25, 0.3) is 0 Å². The Bertz CT molecular complexity index is 273. The standard InChI is InChI=1S/C9H14N2O3/c1-3-14-8(12)7(2)6-11-5-4-10-9(11)13/h6H,3-5H2,1-2H3,(H,10,13). The SMILES string of the molecule is CCOC(=O)C(C)=CN1CCNC1=O. The van der Waals surface area contributed by atoms with Gasteiger partial charge in [-0.2, -0.15) is 0 Å². The van der Waals surface area contributed by atoms with E-state index in [0.717, 1.165) is 0 Å². The van der Waals surface area contributed by atoms with Crippen LogP contribution in [0, 0.1) is 0 Å². The highest BCUT2D eigenvalue weighted by Gasteiger charge is 2.18. The molecule has 0 aliphatic carbocycles. The molecule has 1 aliphatic heterocycles. The Morgan fingerprint density at radius 2 is 2.43 bits per heavy atom. The zero-order valence-electron chi connectivity index (χ0n) is 8.37. The van der Waals surface area contributed by atoms with Crippen LogP contribution in [-0.2, 0) is 9.53 Å². The van der Waals surface area contributed by atoms with E-state index < -0.39 is 0 Å². The van der Waals surface area contributed by atoms with Crippen molar-refractivity contribution in [2.75, 3.05) is 19.7 Å². The van der Waals surface area contributed by atoms with Gasteiger partial charge >= 0.3 is 12.0 Å². The zero-order valence-corrected chi connectivity index (χ0v) is 8.37. The fourth-order valence-corrected chi connectivity index (χ4v) is 1.14. The monoisotopic (exact) mass is 198 g/mol. The predicted molar refractivity (Wildman–Crippen MR) is 50.5 cm³/mol. The Balaban J connectivity index is 2.58. The van der Waals surface area contributed by atoms with E-state index in [4.69, 9.17) is 4.74 Å². The summed E-state index contributed by atoms with van der Waals surface area (Å²) in [4.78, 5) is 23.8. The Kier molecular flexibility index (Phi) is 3.50. The topological polar surface area (TPSA) is 58.6 Å². The maximum absolute atomic E-state index is 11.2. The van der Waals surface area contributed by atoms with Gasteiger partial charge < -0.3 is 10.1 Å². The minimum absolute atomic E-state index is 0.173. The van der Waals surface area contributed by atoms with Crippen LogP contribution < -0.4 is 5.32 Å². The van der Waals surface area contributed by atoms with E-state index in [-0.39, 0.29) is 12.0 Å². The Labute approximate surface area is 82.7 Å². The van der Waals surface area contributed by atoms with Gasteiger partial charge in [-0.05, 0) is 13.8 Å². The largest absolute Gasteiger partial charge is 0.463 e. The van der Waals surface area contributed by atoms with Crippen LogP contribution in [0.5, 0.6) is 0 Å². The lowest BCUT2D eigenvalue weighted by molar-refractivity contribution is -0.138. The molecule has 1 aliphatic rings. The first-order valence-corrected chi connectivity index (χ1v) is 4.55. The van der Waals surface area contributed by atoms with Gasteiger partial charge in [0.15, 0.2) is 0 Å². The summed E-state index contributed by atoms with van der Waals surface area (Å²) in [7, 11) is 0. The van der Waals surface area contributed by atoms with E-state index in [9.17, 15) is 9.59 Å². The molecular formula is C9H14N2O3. The van der Waals surface area contributed by atoms with Crippen molar-refractivity contribution >= 4 is 12.0 Å². The Hall–Kier alpha value is -1.52. The van der Waals surface area contributed by atoms with Gasteiger partial charge in [0.1, 0.15) is 0 Å². The van der Waals surface area contributed by atoms with Crippen molar-refractivity contribution in [2.45, 2.75) is 13.8 Å². The number of ether oxygens (including phenoxy) is 1. The van der Waals surface area contributed by atoms with Gasteiger partial charge in [-0.15, -0.1) is 0 Å². The molecule has 0 aromatic rings. The third-order valence-corrected chi connectivity index (χ3v) is 1.84. The fraction of sp³-hybridized carbons (Fsp3) is 0.556. The molecule has 1 fully saturated rings. The van der Waals surface area contributed by atoms with Crippen molar-refractivity contribution in [1.29, 1.82) is 0 Å². The summed E-state index contributed by atoms with van der Waals surface area (Å²) in [5, 5.41) is 2.64. The summed E-state index contributed by atoms with van der Waals surface area (Å²) >= 11 is 0. The molecular weight excluding hydrogens is 184 g/mol. The summed E-state index contributed by atoms with van der Waals surface area (Å²) in [5.74, 6) is -0.382. The summed E-state index contributed by atoms with van der Waals surface area (Å²) in [6.45, 7) is 4.93. The molecule has 1 N–H and O–H groups in total. The minimum atomic E-state index is -0.382. The maximum Gasteiger partial charge on any atom is 0.335 e. The van der Waals surface area contributed by atoms with E-state index in [0.29, 0.717) is 25.3 Å². The molecule has 0 radical (unpaired) electrons. The molecule has 5 heteroatoms. The summed E-state index contributed by atoms with van der Waals surface area (Å²) in [6.07, 6.45) is 1.51. The first-order chi connectivity index (χ1) is 6.65. The highest BCUT2D eigenvalue weighted by atomic mass is 16.5. The number of nitrogens with one attached hydrogen (secondary N) is 1. The molecule has 0 spiro atoms. The molecule has 14 heavy (non-hydrogen) atoms. The molecule has 78 valence electrons. The van der Waals surface area contributed by atoms with Crippen LogP contribution in [0.15, 0.2) is 11.8 Å². The normalized spacial score (nSPS) is 16.9. The second kappa shape index (κ2) is 4.64. The molecule has 0 aromatic carbocycles. The quantitative estimate of drug-likeness (QED) is 0.530. The fourth-order valence-electron chi connectivity index (χ4n) is 1.14. The smallest absolute Gasteiger partial charge is 0.335 e. The minimum Gasteiger partial charge on any atom is -0.463 e. The van der Waals surface area contributed by atoms with Crippen molar-refractivity contribution in [3.05, 3.63) is 11.8 Å². The molecule has 0 aromatic heterocycles. The van der Waals surface area contributed by atoms with Crippen LogP contribution in [0.1, 0.15) is 13.8 Å². The first-order valence-electron chi connectivity index (χ1n) is 4.55. The number of amides is 2. The molecule has 0 saturated carbocycles. The molecule has 0 bridgehead atoms. The number of nitrogens with zero attached hydrogens (tertiary/aromatic N) is 1. The average molecular weight is 198 g/mol. The van der Waals surface area contributed by atoms with Gasteiger partial charge in [0.25, 0.3) is 0 Å². The molecule has 1 saturated heterocycles. The summed E-state index contributed by atoms with van der Waals surface area (Å²) < 4.78 is 4.78. The molecule has 1 heterocycles. The van der Waals surface area contributed by atoms with Gasteiger partial charge in [-0.25, -0.2) is 9.59 Å². The lowest BCUT2D eigenvalue weighted by Crippen LogP contribution is -2.24. The number of urea groups is 1. The van der Waals surface area contributed by atoms with Gasteiger partial charge in [0.05, 0.1) is 12.2 Å². The lowest BCUT2D eigenvalue weighted by atomic mass is 10.3. The predicted octanol–water partition coefficient (Wildman–Crippen LogP) is 0.479. The van der Waals surface area contributed by atoms with Crippen LogP contribution in [0.4, 0.5) is 4.79 Å². The van der Waals surface area contributed by atoms with Crippen LogP contribution in [0.2, 0.25) is 0 Å². The molecule has 0 atom stereocenters. The number of carbonyl (C=O) groups excluding carboxylic acids is 2. The third-order valence-electron chi connectivity index (χ3n) is 1.84. The van der Waals surface area contributed by atoms with Crippen LogP contribution in [-0.4, -0.2) is 36.6 Å². The summed E-state index contributed by atoms with van der Waals surface area (Å²) in [5.41, 5.74) is 0.434. The van der Waals surface area contributed by atoms with Gasteiger partial charge in [-0.3, -0.25) is 4.90 Å². The van der Waals surface area contributed by atoms with Gasteiger partial charge in [-0.1, -0.05) is 0 Å². The highest BCUT2D eigenvalue weighted by Crippen LogP contribution is 2.03. The molecule has 5 nitrogen and oxygen atoms in total. The number of esters is 1. The van der Waals surface area contributed by atoms with E-state index in [1.165, 1.54) is 11.1 Å². The number of hydrogen-bond donors (Lipinski definition) is 1. The lowest BCUT2D eigenvalue weighted by Gasteiger charge is -2.09. The van der Waals surface area contributed by atoms with Crippen LogP contribution >= 0.6 is 0 Å². The first kappa shape index (κ1) is 10.6. The van der Waals surface area contributed by atoms with E-state index in [1.807, 2.05) is 0 Å². The van der Waals surface area contributed by atoms with E-state index >= 15 is 0 Å². The second-order valence-electron chi connectivity index (χ2n) is 2.96. The van der Waals surface area contributed by atoms with E-state index in [1.54, 1.807) is 13.8 Å². The molecule has 2 amide bonds. The van der Waals surface area contributed by atoms with Crippen molar-refractivity contribution in [2.24, 2.45) is 0 Å². The maximum atomic E-state index is 11.2. The number of rotatable bonds is 3. The van der Waals surface area contributed by atoms with Crippen molar-refractivity contribution in [1.82, 2.24) is 10.2 Å². The van der Waals surface area contributed by atoms with Gasteiger partial charge in [0, 0.05) is 19.3 Å². The second-order valence-corrected chi connectivity index (χ2v) is 2.96. The van der Waals surface area contributed by atoms with Crippen molar-refractivity contribution < 1.29 is 14.3 Å². The molecule has 1 rings (SSSR count).